The van der Waals surface area contributed by atoms with Crippen molar-refractivity contribution in [2.24, 2.45) is 7.05 Å². The van der Waals surface area contributed by atoms with Crippen LogP contribution in [0.15, 0.2) is 30.6 Å². The summed E-state index contributed by atoms with van der Waals surface area (Å²) >= 11 is 5.79. The summed E-state index contributed by atoms with van der Waals surface area (Å²) in [7, 11) is 1.81. The second-order valence-electron chi connectivity index (χ2n) is 3.73. The van der Waals surface area contributed by atoms with E-state index in [1.54, 1.807) is 17.0 Å². The third kappa shape index (κ3) is 2.51. The van der Waals surface area contributed by atoms with E-state index in [2.05, 4.69) is 10.3 Å². The van der Waals surface area contributed by atoms with Gasteiger partial charge >= 0.3 is 0 Å². The second-order valence-corrected chi connectivity index (χ2v) is 4.14. The maximum absolute atomic E-state index is 13.5. The Bertz CT molecular complexity index is 562. The summed E-state index contributed by atoms with van der Waals surface area (Å²) in [5, 5.41) is 2.67. The molecular formula is C12H11ClFN3O. The smallest absolute Gasteiger partial charge is 0.256 e. The van der Waals surface area contributed by atoms with Crippen LogP contribution in [-0.4, -0.2) is 15.5 Å². The highest BCUT2D eigenvalue weighted by molar-refractivity contribution is 6.33. The van der Waals surface area contributed by atoms with Crippen LogP contribution < -0.4 is 5.32 Å². The first-order chi connectivity index (χ1) is 8.59. The molecule has 0 aliphatic carbocycles. The van der Waals surface area contributed by atoms with Gasteiger partial charge in [0.05, 0.1) is 17.1 Å². The minimum atomic E-state index is -0.639. The number of nitrogens with one attached hydrogen (secondary N) is 1. The van der Waals surface area contributed by atoms with Crippen LogP contribution in [0.2, 0.25) is 5.02 Å². The maximum atomic E-state index is 13.5. The zero-order valence-electron chi connectivity index (χ0n) is 9.65. The van der Waals surface area contributed by atoms with Crippen LogP contribution in [0.1, 0.15) is 16.2 Å². The number of imidazole rings is 1. The Hall–Kier alpha value is -1.88. The highest BCUT2D eigenvalue weighted by atomic mass is 35.5. The van der Waals surface area contributed by atoms with Gasteiger partial charge in [-0.2, -0.15) is 0 Å². The zero-order chi connectivity index (χ0) is 13.1. The summed E-state index contributed by atoms with van der Waals surface area (Å²) in [6, 6.07) is 4.12. The topological polar surface area (TPSA) is 46.9 Å². The molecule has 0 aliphatic rings. The second kappa shape index (κ2) is 5.18. The molecule has 1 amide bonds. The summed E-state index contributed by atoms with van der Waals surface area (Å²) in [4.78, 5) is 15.9. The Morgan fingerprint density at radius 2 is 2.33 bits per heavy atom. The van der Waals surface area contributed by atoms with E-state index in [1.807, 2.05) is 7.05 Å². The van der Waals surface area contributed by atoms with E-state index in [1.165, 1.54) is 18.2 Å². The van der Waals surface area contributed by atoms with E-state index in [0.717, 1.165) is 0 Å². The van der Waals surface area contributed by atoms with Gasteiger partial charge in [0.25, 0.3) is 5.91 Å². The molecule has 0 atom stereocenters. The lowest BCUT2D eigenvalue weighted by molar-refractivity contribution is 0.0945. The molecule has 0 aliphatic heterocycles. The number of hydrogen-bond donors (Lipinski definition) is 1. The first-order valence-electron chi connectivity index (χ1n) is 5.28. The van der Waals surface area contributed by atoms with Crippen molar-refractivity contribution in [2.75, 3.05) is 0 Å². The van der Waals surface area contributed by atoms with Gasteiger partial charge in [-0.3, -0.25) is 4.79 Å². The first-order valence-corrected chi connectivity index (χ1v) is 5.66. The first kappa shape index (κ1) is 12.6. The van der Waals surface area contributed by atoms with Gasteiger partial charge in [-0.25, -0.2) is 9.37 Å². The van der Waals surface area contributed by atoms with Crippen molar-refractivity contribution in [1.82, 2.24) is 14.9 Å². The molecule has 4 nitrogen and oxygen atoms in total. The Labute approximate surface area is 108 Å². The number of aromatic nitrogens is 2. The number of carbonyl (C=O) groups excluding carboxylic acids is 1. The van der Waals surface area contributed by atoms with Crippen molar-refractivity contribution in [3.8, 4) is 0 Å². The molecule has 94 valence electrons. The Morgan fingerprint density at radius 1 is 1.56 bits per heavy atom. The third-order valence-corrected chi connectivity index (χ3v) is 2.83. The number of rotatable bonds is 3. The average Bonchev–Trinajstić information content (AvgIpc) is 2.72. The maximum Gasteiger partial charge on any atom is 0.256 e. The zero-order valence-corrected chi connectivity index (χ0v) is 10.4. The fourth-order valence-corrected chi connectivity index (χ4v) is 1.78. The number of halogens is 2. The molecule has 0 saturated heterocycles. The van der Waals surface area contributed by atoms with Gasteiger partial charge in [-0.15, -0.1) is 0 Å². The van der Waals surface area contributed by atoms with E-state index in [-0.39, 0.29) is 17.1 Å². The molecule has 0 unspecified atom stereocenters. The van der Waals surface area contributed by atoms with E-state index >= 15 is 0 Å². The largest absolute Gasteiger partial charge is 0.345 e. The highest BCUT2D eigenvalue weighted by Crippen LogP contribution is 2.18. The molecule has 0 saturated carbocycles. The van der Waals surface area contributed by atoms with Crippen molar-refractivity contribution in [3.05, 3.63) is 52.8 Å². The van der Waals surface area contributed by atoms with E-state index in [0.29, 0.717) is 5.82 Å². The van der Waals surface area contributed by atoms with Crippen LogP contribution in [0.5, 0.6) is 0 Å². The number of aryl methyl sites for hydroxylation is 1. The molecule has 2 rings (SSSR count). The predicted molar refractivity (Wildman–Crippen MR) is 65.8 cm³/mol. The van der Waals surface area contributed by atoms with Crippen LogP contribution in [0.3, 0.4) is 0 Å². The Morgan fingerprint density at radius 3 is 2.94 bits per heavy atom. The minimum absolute atomic E-state index is 0.0901. The molecule has 1 aromatic heterocycles. The number of carbonyl (C=O) groups is 1. The molecule has 1 N–H and O–H groups in total. The van der Waals surface area contributed by atoms with Crippen molar-refractivity contribution in [2.45, 2.75) is 6.54 Å². The summed E-state index contributed by atoms with van der Waals surface area (Å²) in [6.07, 6.45) is 3.38. The van der Waals surface area contributed by atoms with Gasteiger partial charge in [0.15, 0.2) is 0 Å². The molecule has 1 aromatic carbocycles. The van der Waals surface area contributed by atoms with Gasteiger partial charge in [-0.05, 0) is 12.1 Å². The third-order valence-electron chi connectivity index (χ3n) is 2.52. The van der Waals surface area contributed by atoms with Gasteiger partial charge < -0.3 is 9.88 Å². The van der Waals surface area contributed by atoms with Crippen LogP contribution in [0.4, 0.5) is 4.39 Å². The fourth-order valence-electron chi connectivity index (χ4n) is 1.53. The number of benzene rings is 1. The molecular weight excluding hydrogens is 257 g/mol. The molecule has 2 aromatic rings. The molecule has 1 heterocycles. The molecule has 18 heavy (non-hydrogen) atoms. The lowest BCUT2D eigenvalue weighted by atomic mass is 10.2. The molecule has 0 radical (unpaired) electrons. The van der Waals surface area contributed by atoms with Gasteiger partial charge in [0.1, 0.15) is 11.6 Å². The van der Waals surface area contributed by atoms with E-state index in [4.69, 9.17) is 11.6 Å². The molecule has 6 heteroatoms. The van der Waals surface area contributed by atoms with Crippen LogP contribution in [0.25, 0.3) is 0 Å². The van der Waals surface area contributed by atoms with Crippen LogP contribution in [0, 0.1) is 5.82 Å². The summed E-state index contributed by atoms with van der Waals surface area (Å²) < 4.78 is 15.2. The summed E-state index contributed by atoms with van der Waals surface area (Å²) in [6.45, 7) is 0.215. The standard InChI is InChI=1S/C12H11ClFN3O/c1-17-6-5-15-10(17)7-16-12(18)11-8(13)3-2-4-9(11)14/h2-6H,7H2,1H3,(H,16,18). The van der Waals surface area contributed by atoms with Crippen LogP contribution in [-0.2, 0) is 13.6 Å². The van der Waals surface area contributed by atoms with Crippen molar-refractivity contribution in [1.29, 1.82) is 0 Å². The molecule has 0 bridgehead atoms. The number of nitrogens with zero attached hydrogens (tertiary/aromatic N) is 2. The number of amides is 1. The summed E-state index contributed by atoms with van der Waals surface area (Å²) in [5.74, 6) is -0.517. The van der Waals surface area contributed by atoms with Crippen LogP contribution >= 0.6 is 11.6 Å². The van der Waals surface area contributed by atoms with Gasteiger partial charge in [-0.1, -0.05) is 17.7 Å². The van der Waals surface area contributed by atoms with E-state index in [9.17, 15) is 9.18 Å². The summed E-state index contributed by atoms with van der Waals surface area (Å²) in [5.41, 5.74) is -0.145. The molecule has 0 spiro atoms. The van der Waals surface area contributed by atoms with Gasteiger partial charge in [0.2, 0.25) is 0 Å². The lowest BCUT2D eigenvalue weighted by Crippen LogP contribution is -2.25. The normalized spacial score (nSPS) is 10.4. The molecule has 0 fully saturated rings. The fraction of sp³-hybridized carbons (Fsp3) is 0.167. The van der Waals surface area contributed by atoms with Crippen molar-refractivity contribution in [3.63, 3.8) is 0 Å². The van der Waals surface area contributed by atoms with E-state index < -0.39 is 11.7 Å². The number of hydrogen-bond acceptors (Lipinski definition) is 2. The SMILES string of the molecule is Cn1ccnc1CNC(=O)c1c(F)cccc1Cl. The average molecular weight is 268 g/mol. The predicted octanol–water partition coefficient (Wildman–Crippen LogP) is 2.14. The highest BCUT2D eigenvalue weighted by Gasteiger charge is 2.15. The lowest BCUT2D eigenvalue weighted by Gasteiger charge is -2.07. The Kier molecular flexibility index (Phi) is 3.62. The van der Waals surface area contributed by atoms with Crippen molar-refractivity contribution >= 4 is 17.5 Å². The minimum Gasteiger partial charge on any atom is -0.345 e. The van der Waals surface area contributed by atoms with Crippen molar-refractivity contribution < 1.29 is 9.18 Å². The monoisotopic (exact) mass is 267 g/mol. The Balaban J connectivity index is 2.11. The quantitative estimate of drug-likeness (QED) is 0.926. The van der Waals surface area contributed by atoms with Gasteiger partial charge in [0, 0.05) is 19.4 Å².